The summed E-state index contributed by atoms with van der Waals surface area (Å²) in [5, 5.41) is 2.87. The van der Waals surface area contributed by atoms with E-state index in [4.69, 9.17) is 10.5 Å². The Balaban J connectivity index is 1.70. The Labute approximate surface area is 146 Å². The average Bonchev–Trinajstić information content (AvgIpc) is 2.64. The van der Waals surface area contributed by atoms with E-state index in [0.717, 1.165) is 11.3 Å². The zero-order chi connectivity index (χ0) is 17.8. The van der Waals surface area contributed by atoms with Crippen LogP contribution >= 0.6 is 0 Å². The molecule has 1 aliphatic heterocycles. The number of rotatable bonds is 5. The SMILES string of the molecule is CN1C(=O)CCc2cc(C(=O)Nc3ccc(OCCN)cc3)ccc21. The lowest BCUT2D eigenvalue weighted by Crippen LogP contribution is -2.31. The molecule has 0 bridgehead atoms. The summed E-state index contributed by atoms with van der Waals surface area (Å²) < 4.78 is 5.41. The van der Waals surface area contributed by atoms with Crippen LogP contribution < -0.4 is 20.7 Å². The van der Waals surface area contributed by atoms with Crippen molar-refractivity contribution >= 4 is 23.2 Å². The topological polar surface area (TPSA) is 84.7 Å². The minimum atomic E-state index is -0.182. The van der Waals surface area contributed by atoms with E-state index in [2.05, 4.69) is 5.32 Å². The highest BCUT2D eigenvalue weighted by Gasteiger charge is 2.21. The van der Waals surface area contributed by atoms with Gasteiger partial charge in [0, 0.05) is 37.0 Å². The van der Waals surface area contributed by atoms with Crippen molar-refractivity contribution in [1.29, 1.82) is 0 Å². The van der Waals surface area contributed by atoms with Crippen LogP contribution in [0.1, 0.15) is 22.3 Å². The predicted octanol–water partition coefficient (Wildman–Crippen LogP) is 2.19. The highest BCUT2D eigenvalue weighted by molar-refractivity contribution is 6.05. The fourth-order valence-corrected chi connectivity index (χ4v) is 2.81. The highest BCUT2D eigenvalue weighted by atomic mass is 16.5. The van der Waals surface area contributed by atoms with Crippen molar-refractivity contribution in [2.75, 3.05) is 30.4 Å². The lowest BCUT2D eigenvalue weighted by molar-refractivity contribution is -0.118. The van der Waals surface area contributed by atoms with Crippen molar-refractivity contribution in [3.63, 3.8) is 0 Å². The van der Waals surface area contributed by atoms with Crippen LogP contribution in [0.3, 0.4) is 0 Å². The second-order valence-corrected chi connectivity index (χ2v) is 5.91. The van der Waals surface area contributed by atoms with Crippen LogP contribution in [0, 0.1) is 0 Å². The molecule has 3 rings (SSSR count). The summed E-state index contributed by atoms with van der Waals surface area (Å²) in [5.74, 6) is 0.629. The Morgan fingerprint density at radius 2 is 1.96 bits per heavy atom. The zero-order valence-corrected chi connectivity index (χ0v) is 14.1. The second kappa shape index (κ2) is 7.36. The van der Waals surface area contributed by atoms with E-state index in [1.807, 2.05) is 12.1 Å². The Morgan fingerprint density at radius 1 is 1.20 bits per heavy atom. The number of anilines is 2. The number of carbonyl (C=O) groups excluding carboxylic acids is 2. The van der Waals surface area contributed by atoms with Gasteiger partial charge in [0.2, 0.25) is 5.91 Å². The molecule has 25 heavy (non-hydrogen) atoms. The first-order valence-electron chi connectivity index (χ1n) is 8.22. The largest absolute Gasteiger partial charge is 0.492 e. The molecule has 0 aliphatic carbocycles. The summed E-state index contributed by atoms with van der Waals surface area (Å²) in [6.45, 7) is 0.912. The van der Waals surface area contributed by atoms with Gasteiger partial charge in [0.15, 0.2) is 0 Å². The summed E-state index contributed by atoms with van der Waals surface area (Å²) in [6.07, 6.45) is 1.13. The van der Waals surface area contributed by atoms with Gasteiger partial charge in [0.25, 0.3) is 5.91 Å². The smallest absolute Gasteiger partial charge is 0.255 e. The molecule has 0 radical (unpaired) electrons. The van der Waals surface area contributed by atoms with E-state index in [-0.39, 0.29) is 11.8 Å². The normalized spacial score (nSPS) is 13.4. The van der Waals surface area contributed by atoms with Gasteiger partial charge in [0.1, 0.15) is 12.4 Å². The number of nitrogens with zero attached hydrogens (tertiary/aromatic N) is 1. The number of fused-ring (bicyclic) bond motifs is 1. The Bertz CT molecular complexity index is 787. The lowest BCUT2D eigenvalue weighted by atomic mass is 9.99. The molecule has 0 unspecified atom stereocenters. The molecule has 2 aromatic rings. The Morgan fingerprint density at radius 3 is 2.68 bits per heavy atom. The molecule has 0 saturated heterocycles. The Kier molecular flexibility index (Phi) is 5.00. The molecular weight excluding hydrogens is 318 g/mol. The summed E-state index contributed by atoms with van der Waals surface area (Å²) >= 11 is 0. The fourth-order valence-electron chi connectivity index (χ4n) is 2.81. The summed E-state index contributed by atoms with van der Waals surface area (Å²) in [6, 6.07) is 12.6. The molecule has 130 valence electrons. The molecule has 6 heteroatoms. The molecule has 0 fully saturated rings. The van der Waals surface area contributed by atoms with Gasteiger partial charge in [-0.1, -0.05) is 0 Å². The van der Waals surface area contributed by atoms with E-state index in [1.165, 1.54) is 0 Å². The molecule has 2 amide bonds. The highest BCUT2D eigenvalue weighted by Crippen LogP contribution is 2.28. The first-order chi connectivity index (χ1) is 12.1. The maximum absolute atomic E-state index is 12.5. The van der Waals surface area contributed by atoms with Crippen molar-refractivity contribution < 1.29 is 14.3 Å². The third-order valence-corrected chi connectivity index (χ3v) is 4.18. The minimum Gasteiger partial charge on any atom is -0.492 e. The van der Waals surface area contributed by atoms with Gasteiger partial charge in [-0.2, -0.15) is 0 Å². The predicted molar refractivity (Wildman–Crippen MR) is 97.1 cm³/mol. The Hall–Kier alpha value is -2.86. The van der Waals surface area contributed by atoms with Crippen LogP contribution in [0.15, 0.2) is 42.5 Å². The van der Waals surface area contributed by atoms with Crippen molar-refractivity contribution in [1.82, 2.24) is 0 Å². The molecule has 1 aliphatic rings. The molecule has 6 nitrogen and oxygen atoms in total. The molecule has 0 saturated carbocycles. The van der Waals surface area contributed by atoms with Gasteiger partial charge in [-0.05, 0) is 54.4 Å². The minimum absolute atomic E-state index is 0.0987. The fraction of sp³-hybridized carbons (Fsp3) is 0.263. The molecular formula is C19H21N3O3. The van der Waals surface area contributed by atoms with E-state index in [0.29, 0.717) is 43.0 Å². The second-order valence-electron chi connectivity index (χ2n) is 5.91. The first-order valence-corrected chi connectivity index (χ1v) is 8.22. The van der Waals surface area contributed by atoms with Gasteiger partial charge in [-0.25, -0.2) is 0 Å². The van der Waals surface area contributed by atoms with Gasteiger partial charge in [-0.15, -0.1) is 0 Å². The molecule has 3 N–H and O–H groups in total. The zero-order valence-electron chi connectivity index (χ0n) is 14.1. The summed E-state index contributed by atoms with van der Waals surface area (Å²) in [4.78, 5) is 25.8. The number of nitrogens with one attached hydrogen (secondary N) is 1. The van der Waals surface area contributed by atoms with Gasteiger partial charge in [0.05, 0.1) is 0 Å². The maximum atomic E-state index is 12.5. The molecule has 0 spiro atoms. The maximum Gasteiger partial charge on any atom is 0.255 e. The molecule has 0 atom stereocenters. The molecule has 0 aromatic heterocycles. The van der Waals surface area contributed by atoms with E-state index in [9.17, 15) is 9.59 Å². The van der Waals surface area contributed by atoms with Crippen LogP contribution in [0.2, 0.25) is 0 Å². The standard InChI is InChI=1S/C19H21N3O3/c1-22-17-8-2-14(12-13(17)3-9-18(22)23)19(24)21-15-4-6-16(7-5-15)25-11-10-20/h2,4-8,12H,3,9-11,20H2,1H3,(H,21,24). The van der Waals surface area contributed by atoms with Crippen LogP contribution in [0.4, 0.5) is 11.4 Å². The lowest BCUT2D eigenvalue weighted by Gasteiger charge is -2.26. The summed E-state index contributed by atoms with van der Waals surface area (Å²) in [7, 11) is 1.76. The van der Waals surface area contributed by atoms with Crippen molar-refractivity contribution in [3.8, 4) is 5.75 Å². The van der Waals surface area contributed by atoms with Gasteiger partial charge in [-0.3, -0.25) is 9.59 Å². The number of nitrogens with two attached hydrogens (primary N) is 1. The van der Waals surface area contributed by atoms with Gasteiger partial charge < -0.3 is 20.7 Å². The van der Waals surface area contributed by atoms with Gasteiger partial charge >= 0.3 is 0 Å². The number of carbonyl (C=O) groups is 2. The summed E-state index contributed by atoms with van der Waals surface area (Å²) in [5.41, 5.74) is 8.55. The number of benzene rings is 2. The van der Waals surface area contributed by atoms with E-state index >= 15 is 0 Å². The van der Waals surface area contributed by atoms with Crippen LogP contribution in [-0.4, -0.2) is 32.0 Å². The van der Waals surface area contributed by atoms with Crippen molar-refractivity contribution in [2.24, 2.45) is 5.73 Å². The van der Waals surface area contributed by atoms with Crippen LogP contribution in [0.25, 0.3) is 0 Å². The number of hydrogen-bond donors (Lipinski definition) is 2. The van der Waals surface area contributed by atoms with Crippen LogP contribution in [-0.2, 0) is 11.2 Å². The number of ether oxygens (including phenoxy) is 1. The van der Waals surface area contributed by atoms with Crippen molar-refractivity contribution in [3.05, 3.63) is 53.6 Å². The number of amides is 2. The number of aryl methyl sites for hydroxylation is 1. The van der Waals surface area contributed by atoms with Crippen molar-refractivity contribution in [2.45, 2.75) is 12.8 Å². The van der Waals surface area contributed by atoms with E-state index < -0.39 is 0 Å². The third kappa shape index (κ3) is 3.80. The third-order valence-electron chi connectivity index (χ3n) is 4.18. The van der Waals surface area contributed by atoms with E-state index in [1.54, 1.807) is 42.3 Å². The van der Waals surface area contributed by atoms with Crippen LogP contribution in [0.5, 0.6) is 5.75 Å². The number of hydrogen-bond acceptors (Lipinski definition) is 4. The molecule has 1 heterocycles. The quantitative estimate of drug-likeness (QED) is 0.874. The first kappa shape index (κ1) is 17.0. The monoisotopic (exact) mass is 339 g/mol. The molecule has 2 aromatic carbocycles. The average molecular weight is 339 g/mol.